The Kier molecular flexibility index (Phi) is 4.67. The first-order valence-electron chi connectivity index (χ1n) is 6.77. The third kappa shape index (κ3) is 3.65. The molecule has 0 aliphatic heterocycles. The average Bonchev–Trinajstić information content (AvgIpc) is 2.96. The van der Waals surface area contributed by atoms with Gasteiger partial charge in [-0.05, 0) is 30.5 Å². The Hall–Kier alpha value is -2.24. The Morgan fingerprint density at radius 2 is 2.14 bits per heavy atom. The van der Waals surface area contributed by atoms with Crippen molar-refractivity contribution in [1.82, 2.24) is 15.1 Å². The van der Waals surface area contributed by atoms with Gasteiger partial charge < -0.3 is 5.32 Å². The van der Waals surface area contributed by atoms with E-state index in [1.807, 2.05) is 13.8 Å². The Labute approximate surface area is 121 Å². The molecular weight excluding hydrogens is 276 g/mol. The molecule has 1 aromatic carbocycles. The topological polar surface area (TPSA) is 46.9 Å². The summed E-state index contributed by atoms with van der Waals surface area (Å²) in [6, 6.07) is 3.76. The van der Waals surface area contributed by atoms with Crippen LogP contribution in [0.25, 0.3) is 0 Å². The largest absolute Gasteiger partial charge is 0.351 e. The summed E-state index contributed by atoms with van der Waals surface area (Å²) in [5.74, 6) is -2.11. The van der Waals surface area contributed by atoms with E-state index >= 15 is 0 Å². The van der Waals surface area contributed by atoms with Crippen molar-refractivity contribution in [3.63, 3.8) is 0 Å². The van der Waals surface area contributed by atoms with Gasteiger partial charge in [-0.15, -0.1) is 0 Å². The average molecular weight is 293 g/mol. The third-order valence-corrected chi connectivity index (χ3v) is 3.30. The first kappa shape index (κ1) is 15.2. The number of aromatic nitrogens is 2. The molecule has 2 aromatic rings. The second-order valence-corrected chi connectivity index (χ2v) is 4.87. The van der Waals surface area contributed by atoms with Gasteiger partial charge in [-0.25, -0.2) is 8.78 Å². The highest BCUT2D eigenvalue weighted by Crippen LogP contribution is 2.17. The Balaban J connectivity index is 1.95. The second-order valence-electron chi connectivity index (χ2n) is 4.87. The fraction of sp³-hybridized carbons (Fsp3) is 0.333. The highest BCUT2D eigenvalue weighted by molar-refractivity contribution is 5.93. The summed E-state index contributed by atoms with van der Waals surface area (Å²) in [5, 5.41) is 6.79. The third-order valence-electron chi connectivity index (χ3n) is 3.30. The molecule has 1 atom stereocenters. The summed E-state index contributed by atoms with van der Waals surface area (Å²) < 4.78 is 27.7. The molecule has 0 saturated carbocycles. The number of benzene rings is 1. The first-order valence-corrected chi connectivity index (χ1v) is 6.77. The highest BCUT2D eigenvalue weighted by atomic mass is 19.2. The van der Waals surface area contributed by atoms with Crippen molar-refractivity contribution in [2.24, 2.45) is 0 Å². The number of carbonyl (C=O) groups is 1. The predicted octanol–water partition coefficient (Wildman–Crippen LogP) is 2.71. The van der Waals surface area contributed by atoms with Crippen LogP contribution in [-0.4, -0.2) is 22.2 Å². The molecule has 1 N–H and O–H groups in total. The van der Waals surface area contributed by atoms with Crippen LogP contribution in [0.4, 0.5) is 8.78 Å². The molecule has 0 unspecified atom stereocenters. The van der Waals surface area contributed by atoms with Crippen molar-refractivity contribution in [2.75, 3.05) is 6.54 Å². The first-order chi connectivity index (χ1) is 10.0. The molecule has 4 nitrogen and oxygen atoms in total. The summed E-state index contributed by atoms with van der Waals surface area (Å²) in [6.45, 7) is 4.79. The molecule has 0 bridgehead atoms. The van der Waals surface area contributed by atoms with Gasteiger partial charge in [-0.2, -0.15) is 5.10 Å². The lowest BCUT2D eigenvalue weighted by atomic mass is 10.0. The molecular formula is C15H17F2N3O. The number of nitrogens with zero attached hydrogens (tertiary/aromatic N) is 2. The van der Waals surface area contributed by atoms with E-state index < -0.39 is 11.6 Å². The van der Waals surface area contributed by atoms with E-state index in [9.17, 15) is 13.6 Å². The standard InChI is InChI=1S/C15H17F2N3O/c1-3-20-9-12(8-19-20)15(21)18-7-10(2)11-4-5-13(16)14(17)6-11/h4-6,8-10H,3,7H2,1-2H3,(H,18,21)/t10-/m1/s1. The number of nitrogens with one attached hydrogen (secondary N) is 1. The molecule has 21 heavy (non-hydrogen) atoms. The second kappa shape index (κ2) is 6.47. The lowest BCUT2D eigenvalue weighted by Crippen LogP contribution is -2.27. The molecule has 2 rings (SSSR count). The number of hydrogen-bond acceptors (Lipinski definition) is 2. The zero-order valence-corrected chi connectivity index (χ0v) is 11.9. The maximum absolute atomic E-state index is 13.2. The summed E-state index contributed by atoms with van der Waals surface area (Å²) in [7, 11) is 0. The molecule has 6 heteroatoms. The van der Waals surface area contributed by atoms with Gasteiger partial charge in [-0.1, -0.05) is 13.0 Å². The summed E-state index contributed by atoms with van der Waals surface area (Å²) >= 11 is 0. The van der Waals surface area contributed by atoms with Crippen LogP contribution >= 0.6 is 0 Å². The van der Waals surface area contributed by atoms with E-state index in [1.54, 1.807) is 10.9 Å². The molecule has 0 saturated heterocycles. The van der Waals surface area contributed by atoms with Crippen molar-refractivity contribution in [1.29, 1.82) is 0 Å². The molecule has 0 radical (unpaired) electrons. The van der Waals surface area contributed by atoms with Crippen molar-refractivity contribution in [2.45, 2.75) is 26.3 Å². The molecule has 0 spiro atoms. The fourth-order valence-electron chi connectivity index (χ4n) is 1.94. The lowest BCUT2D eigenvalue weighted by molar-refractivity contribution is 0.0951. The highest BCUT2D eigenvalue weighted by Gasteiger charge is 2.12. The normalized spacial score (nSPS) is 12.2. The van der Waals surface area contributed by atoms with Gasteiger partial charge in [-0.3, -0.25) is 9.48 Å². The number of rotatable bonds is 5. The van der Waals surface area contributed by atoms with Crippen LogP contribution < -0.4 is 5.32 Å². The predicted molar refractivity (Wildman–Crippen MR) is 75.0 cm³/mol. The van der Waals surface area contributed by atoms with E-state index in [0.717, 1.165) is 12.1 Å². The van der Waals surface area contributed by atoms with Crippen molar-refractivity contribution in [3.05, 3.63) is 53.4 Å². The Morgan fingerprint density at radius 3 is 2.76 bits per heavy atom. The lowest BCUT2D eigenvalue weighted by Gasteiger charge is -2.13. The maximum atomic E-state index is 13.2. The minimum absolute atomic E-state index is 0.120. The minimum atomic E-state index is -0.880. The van der Waals surface area contributed by atoms with E-state index in [0.29, 0.717) is 24.2 Å². The molecule has 1 amide bonds. The van der Waals surface area contributed by atoms with Crippen molar-refractivity contribution >= 4 is 5.91 Å². The SMILES string of the molecule is CCn1cc(C(=O)NC[C@@H](C)c2ccc(F)c(F)c2)cn1. The molecule has 1 aromatic heterocycles. The van der Waals surface area contributed by atoms with Gasteiger partial charge in [0.15, 0.2) is 11.6 Å². The van der Waals surface area contributed by atoms with E-state index in [4.69, 9.17) is 0 Å². The summed E-state index contributed by atoms with van der Waals surface area (Å²) in [5.41, 5.74) is 1.12. The number of halogens is 2. The van der Waals surface area contributed by atoms with Crippen LogP contribution in [0.1, 0.15) is 35.7 Å². The van der Waals surface area contributed by atoms with Crippen molar-refractivity contribution in [3.8, 4) is 0 Å². The van der Waals surface area contributed by atoms with Crippen LogP contribution in [0.2, 0.25) is 0 Å². The fourth-order valence-corrected chi connectivity index (χ4v) is 1.94. The van der Waals surface area contributed by atoms with Gasteiger partial charge in [0.1, 0.15) is 0 Å². The molecule has 0 fully saturated rings. The number of hydrogen-bond donors (Lipinski definition) is 1. The van der Waals surface area contributed by atoms with Gasteiger partial charge in [0.05, 0.1) is 11.8 Å². The smallest absolute Gasteiger partial charge is 0.254 e. The van der Waals surface area contributed by atoms with Crippen molar-refractivity contribution < 1.29 is 13.6 Å². The van der Waals surface area contributed by atoms with E-state index in [-0.39, 0.29) is 11.8 Å². The number of aryl methyl sites for hydroxylation is 1. The van der Waals surface area contributed by atoms with E-state index in [2.05, 4.69) is 10.4 Å². The van der Waals surface area contributed by atoms with Gasteiger partial charge in [0, 0.05) is 19.3 Å². The molecule has 1 heterocycles. The number of carbonyl (C=O) groups excluding carboxylic acids is 1. The van der Waals surface area contributed by atoms with E-state index in [1.165, 1.54) is 12.3 Å². The molecule has 0 aliphatic rings. The maximum Gasteiger partial charge on any atom is 0.254 e. The van der Waals surface area contributed by atoms with Gasteiger partial charge in [0.2, 0.25) is 0 Å². The van der Waals surface area contributed by atoms with Crippen LogP contribution in [0.5, 0.6) is 0 Å². The Bertz CT molecular complexity index is 640. The van der Waals surface area contributed by atoms with Crippen LogP contribution in [-0.2, 0) is 6.54 Å². The van der Waals surface area contributed by atoms with Gasteiger partial charge in [0.25, 0.3) is 5.91 Å². The van der Waals surface area contributed by atoms with Crippen LogP contribution in [0, 0.1) is 11.6 Å². The van der Waals surface area contributed by atoms with Gasteiger partial charge >= 0.3 is 0 Å². The zero-order chi connectivity index (χ0) is 15.4. The Morgan fingerprint density at radius 1 is 1.38 bits per heavy atom. The monoisotopic (exact) mass is 293 g/mol. The molecule has 112 valence electrons. The zero-order valence-electron chi connectivity index (χ0n) is 11.9. The molecule has 0 aliphatic carbocycles. The summed E-state index contributed by atoms with van der Waals surface area (Å²) in [4.78, 5) is 11.9. The quantitative estimate of drug-likeness (QED) is 0.921. The van der Waals surface area contributed by atoms with Crippen LogP contribution in [0.3, 0.4) is 0 Å². The van der Waals surface area contributed by atoms with Crippen LogP contribution in [0.15, 0.2) is 30.6 Å². The minimum Gasteiger partial charge on any atom is -0.351 e. The number of amides is 1. The summed E-state index contributed by atoms with van der Waals surface area (Å²) in [6.07, 6.45) is 3.17.